The molecule has 1 fully saturated rings. The molecule has 0 aromatic heterocycles. The van der Waals surface area contributed by atoms with Crippen molar-refractivity contribution in [3.05, 3.63) is 29.8 Å². The molecule has 21 heavy (non-hydrogen) atoms. The van der Waals surface area contributed by atoms with Gasteiger partial charge in [0, 0.05) is 11.5 Å². The summed E-state index contributed by atoms with van der Waals surface area (Å²) in [6.45, 7) is 2.23. The second-order valence-electron chi connectivity index (χ2n) is 6.84. The maximum Gasteiger partial charge on any atom is 0.179 e. The van der Waals surface area contributed by atoms with Crippen molar-refractivity contribution in [2.24, 2.45) is 11.7 Å². The van der Waals surface area contributed by atoms with Crippen LogP contribution >= 0.6 is 0 Å². The second-order valence-corrected chi connectivity index (χ2v) is 8.84. The zero-order valence-corrected chi connectivity index (χ0v) is 13.5. The predicted molar refractivity (Wildman–Crippen MR) is 85.0 cm³/mol. The van der Waals surface area contributed by atoms with Gasteiger partial charge in [0.2, 0.25) is 0 Å². The van der Waals surface area contributed by atoms with Crippen LogP contribution in [-0.4, -0.2) is 19.7 Å². The summed E-state index contributed by atoms with van der Waals surface area (Å²) in [6.07, 6.45) is 6.68. The first-order chi connectivity index (χ1) is 9.96. The van der Waals surface area contributed by atoms with E-state index in [1.165, 1.54) is 12.8 Å². The van der Waals surface area contributed by atoms with Crippen molar-refractivity contribution in [2.75, 3.05) is 5.75 Å². The minimum atomic E-state index is -3.15. The van der Waals surface area contributed by atoms with Gasteiger partial charge < -0.3 is 5.73 Å². The third kappa shape index (κ3) is 2.64. The van der Waals surface area contributed by atoms with E-state index in [-0.39, 0.29) is 17.2 Å². The number of rotatable bonds is 3. The Hall–Kier alpha value is -0.870. The molecular formula is C17H25NO2S. The summed E-state index contributed by atoms with van der Waals surface area (Å²) in [5, 5.41) is 0. The van der Waals surface area contributed by atoms with Gasteiger partial charge in [-0.3, -0.25) is 0 Å². The van der Waals surface area contributed by atoms with E-state index in [1.807, 2.05) is 12.1 Å². The van der Waals surface area contributed by atoms with Gasteiger partial charge in [-0.2, -0.15) is 0 Å². The smallest absolute Gasteiger partial charge is 0.179 e. The van der Waals surface area contributed by atoms with Gasteiger partial charge in [-0.25, -0.2) is 8.42 Å². The Morgan fingerprint density at radius 2 is 1.90 bits per heavy atom. The third-order valence-electron chi connectivity index (χ3n) is 5.44. The lowest BCUT2D eigenvalue weighted by atomic mass is 9.68. The maximum absolute atomic E-state index is 12.4. The minimum Gasteiger partial charge on any atom is -0.325 e. The van der Waals surface area contributed by atoms with Crippen molar-refractivity contribution in [1.82, 2.24) is 0 Å². The standard InChI is InChI=1S/C17H25NO2S/c1-2-5-13-8-10-17(18,11-9-13)15-12-21(19,20)16-7-4-3-6-14(15)16/h3-4,6-7,13,15H,2,5,8-12,18H2,1H3. The molecule has 4 heteroatoms. The lowest BCUT2D eigenvalue weighted by Gasteiger charge is -2.41. The fourth-order valence-electron chi connectivity index (χ4n) is 4.19. The summed E-state index contributed by atoms with van der Waals surface area (Å²) < 4.78 is 24.7. The van der Waals surface area contributed by atoms with Gasteiger partial charge in [0.05, 0.1) is 10.6 Å². The number of fused-ring (bicyclic) bond motifs is 1. The van der Waals surface area contributed by atoms with Gasteiger partial charge >= 0.3 is 0 Å². The first-order valence-electron chi connectivity index (χ1n) is 8.07. The fourth-order valence-corrected chi connectivity index (χ4v) is 6.17. The molecule has 1 atom stereocenters. The van der Waals surface area contributed by atoms with Crippen LogP contribution in [0.5, 0.6) is 0 Å². The highest BCUT2D eigenvalue weighted by Crippen LogP contribution is 2.47. The predicted octanol–water partition coefficient (Wildman–Crippen LogP) is 3.25. The number of hydrogen-bond acceptors (Lipinski definition) is 3. The highest BCUT2D eigenvalue weighted by molar-refractivity contribution is 7.91. The van der Waals surface area contributed by atoms with Gasteiger partial charge in [-0.15, -0.1) is 0 Å². The molecule has 1 heterocycles. The zero-order chi connectivity index (χ0) is 15.1. The lowest BCUT2D eigenvalue weighted by molar-refractivity contribution is 0.200. The monoisotopic (exact) mass is 307 g/mol. The van der Waals surface area contributed by atoms with E-state index in [4.69, 9.17) is 5.73 Å². The molecule has 3 nitrogen and oxygen atoms in total. The van der Waals surface area contributed by atoms with Crippen LogP contribution in [0.15, 0.2) is 29.2 Å². The Kier molecular flexibility index (Phi) is 3.87. The van der Waals surface area contributed by atoms with E-state index in [1.54, 1.807) is 12.1 Å². The highest BCUT2D eigenvalue weighted by atomic mass is 32.2. The molecule has 1 saturated carbocycles. The van der Waals surface area contributed by atoms with Crippen molar-refractivity contribution in [1.29, 1.82) is 0 Å². The average molecular weight is 307 g/mol. The van der Waals surface area contributed by atoms with Crippen LogP contribution in [0.3, 0.4) is 0 Å². The molecular weight excluding hydrogens is 282 g/mol. The van der Waals surface area contributed by atoms with Gasteiger partial charge in [0.1, 0.15) is 0 Å². The van der Waals surface area contributed by atoms with E-state index in [0.29, 0.717) is 4.90 Å². The Balaban J connectivity index is 1.86. The highest BCUT2D eigenvalue weighted by Gasteiger charge is 2.46. The summed E-state index contributed by atoms with van der Waals surface area (Å²) in [7, 11) is -3.15. The quantitative estimate of drug-likeness (QED) is 0.932. The third-order valence-corrected chi connectivity index (χ3v) is 7.26. The molecule has 2 aliphatic rings. The molecule has 1 aliphatic carbocycles. The SMILES string of the molecule is CCCC1CCC(N)(C2CS(=O)(=O)c3ccccc32)CC1. The molecule has 0 amide bonds. The molecule has 0 spiro atoms. The summed E-state index contributed by atoms with van der Waals surface area (Å²) in [4.78, 5) is 0.510. The van der Waals surface area contributed by atoms with Crippen LogP contribution in [0.2, 0.25) is 0 Å². The number of nitrogens with two attached hydrogens (primary N) is 1. The Morgan fingerprint density at radius 1 is 1.24 bits per heavy atom. The van der Waals surface area contributed by atoms with Crippen molar-refractivity contribution >= 4 is 9.84 Å². The van der Waals surface area contributed by atoms with Crippen molar-refractivity contribution in [3.8, 4) is 0 Å². The van der Waals surface area contributed by atoms with Gasteiger partial charge in [0.15, 0.2) is 9.84 Å². The van der Waals surface area contributed by atoms with Crippen LogP contribution < -0.4 is 5.73 Å². The van der Waals surface area contributed by atoms with Crippen LogP contribution in [0.1, 0.15) is 56.9 Å². The number of benzene rings is 1. The van der Waals surface area contributed by atoms with E-state index in [2.05, 4.69) is 6.92 Å². The Bertz CT molecular complexity index is 615. The normalized spacial score (nSPS) is 34.6. The van der Waals surface area contributed by atoms with Crippen molar-refractivity contribution < 1.29 is 8.42 Å². The Labute approximate surface area is 127 Å². The molecule has 116 valence electrons. The summed E-state index contributed by atoms with van der Waals surface area (Å²) in [5.41, 5.74) is 7.30. The van der Waals surface area contributed by atoms with Crippen molar-refractivity contribution in [3.63, 3.8) is 0 Å². The molecule has 3 rings (SSSR count). The molecule has 2 N–H and O–H groups in total. The van der Waals surface area contributed by atoms with Crippen LogP contribution in [0, 0.1) is 5.92 Å². The summed E-state index contributed by atoms with van der Waals surface area (Å²) >= 11 is 0. The summed E-state index contributed by atoms with van der Waals surface area (Å²) in [6, 6.07) is 7.42. The molecule has 1 aliphatic heterocycles. The maximum atomic E-state index is 12.4. The Morgan fingerprint density at radius 3 is 2.57 bits per heavy atom. The zero-order valence-electron chi connectivity index (χ0n) is 12.7. The van der Waals surface area contributed by atoms with Gasteiger partial charge in [-0.1, -0.05) is 38.0 Å². The van der Waals surface area contributed by atoms with E-state index in [9.17, 15) is 8.42 Å². The molecule has 1 aromatic carbocycles. The largest absolute Gasteiger partial charge is 0.325 e. The van der Waals surface area contributed by atoms with Crippen molar-refractivity contribution in [2.45, 2.75) is 61.8 Å². The van der Waals surface area contributed by atoms with E-state index >= 15 is 0 Å². The van der Waals surface area contributed by atoms with E-state index < -0.39 is 9.84 Å². The first kappa shape index (κ1) is 15.0. The summed E-state index contributed by atoms with van der Waals surface area (Å²) in [5.74, 6) is 0.947. The fraction of sp³-hybridized carbons (Fsp3) is 0.647. The van der Waals surface area contributed by atoms with Gasteiger partial charge in [-0.05, 0) is 43.2 Å². The average Bonchev–Trinajstić information content (AvgIpc) is 2.75. The topological polar surface area (TPSA) is 60.2 Å². The second kappa shape index (κ2) is 5.40. The van der Waals surface area contributed by atoms with Crippen LogP contribution in [0.4, 0.5) is 0 Å². The number of sulfone groups is 1. The van der Waals surface area contributed by atoms with Crippen LogP contribution in [0.25, 0.3) is 0 Å². The lowest BCUT2D eigenvalue weighted by Crippen LogP contribution is -2.49. The molecule has 0 radical (unpaired) electrons. The molecule has 1 aromatic rings. The minimum absolute atomic E-state index is 0.0266. The van der Waals surface area contributed by atoms with Gasteiger partial charge in [0.25, 0.3) is 0 Å². The molecule has 0 bridgehead atoms. The first-order valence-corrected chi connectivity index (χ1v) is 9.72. The van der Waals surface area contributed by atoms with Crippen LogP contribution in [-0.2, 0) is 9.84 Å². The number of hydrogen-bond donors (Lipinski definition) is 1. The molecule has 1 unspecified atom stereocenters. The molecule has 0 saturated heterocycles. The van der Waals surface area contributed by atoms with E-state index in [0.717, 1.165) is 37.2 Å².